The van der Waals surface area contributed by atoms with E-state index in [0.29, 0.717) is 13.2 Å². The lowest BCUT2D eigenvalue weighted by Crippen LogP contribution is -2.48. The van der Waals surface area contributed by atoms with E-state index in [0.717, 1.165) is 68.7 Å². The normalized spacial score (nSPS) is 20.2. The van der Waals surface area contributed by atoms with Crippen LogP contribution in [-0.4, -0.2) is 90.0 Å². The second kappa shape index (κ2) is 11.8. The van der Waals surface area contributed by atoms with Gasteiger partial charge in [0, 0.05) is 71.3 Å². The van der Waals surface area contributed by atoms with Gasteiger partial charge in [-0.2, -0.15) is 5.10 Å². The molecule has 0 aliphatic carbocycles. The second-order valence-electron chi connectivity index (χ2n) is 8.10. The number of likely N-dealkylation sites (N-methyl/N-ethyl adjacent to an activating group) is 1. The van der Waals surface area contributed by atoms with Crippen molar-refractivity contribution in [3.05, 3.63) is 41.9 Å². The molecule has 0 saturated carbocycles. The predicted octanol–water partition coefficient (Wildman–Crippen LogP) is 1.72. The summed E-state index contributed by atoms with van der Waals surface area (Å²) in [7, 11) is 3.75. The Labute approximate surface area is 207 Å². The summed E-state index contributed by atoms with van der Waals surface area (Å²) < 4.78 is 7.76. The quantitative estimate of drug-likeness (QED) is 0.343. The van der Waals surface area contributed by atoms with E-state index < -0.39 is 0 Å². The van der Waals surface area contributed by atoms with Gasteiger partial charge in [-0.05, 0) is 18.2 Å². The van der Waals surface area contributed by atoms with Gasteiger partial charge in [-0.1, -0.05) is 13.0 Å². The summed E-state index contributed by atoms with van der Waals surface area (Å²) in [5.41, 5.74) is 2.25. The third-order valence-corrected chi connectivity index (χ3v) is 6.08. The third kappa shape index (κ3) is 6.10. The molecular formula is C22H35IN8O. The minimum absolute atomic E-state index is 0. The number of nitrogens with one attached hydrogen (secondary N) is 1. The summed E-state index contributed by atoms with van der Waals surface area (Å²) in [5, 5.41) is 7.75. The molecule has 0 aromatic carbocycles. The fourth-order valence-electron chi connectivity index (χ4n) is 4.16. The van der Waals surface area contributed by atoms with Crippen LogP contribution >= 0.6 is 24.0 Å². The van der Waals surface area contributed by atoms with Gasteiger partial charge < -0.3 is 24.8 Å². The Morgan fingerprint density at radius 2 is 2.00 bits per heavy atom. The lowest BCUT2D eigenvalue weighted by Gasteiger charge is -2.35. The Hall–Kier alpha value is -1.92. The number of piperazine rings is 1. The molecule has 9 nitrogen and oxygen atoms in total. The van der Waals surface area contributed by atoms with Crippen molar-refractivity contribution in [1.29, 1.82) is 0 Å². The molecule has 0 bridgehead atoms. The first-order valence-corrected chi connectivity index (χ1v) is 11.1. The highest BCUT2D eigenvalue weighted by Crippen LogP contribution is 2.21. The smallest absolute Gasteiger partial charge is 0.194 e. The molecule has 2 aliphatic heterocycles. The van der Waals surface area contributed by atoms with Crippen molar-refractivity contribution in [1.82, 2.24) is 29.9 Å². The molecule has 4 heterocycles. The third-order valence-electron chi connectivity index (χ3n) is 6.08. The fraction of sp³-hybridized carbons (Fsp3) is 0.591. The van der Waals surface area contributed by atoms with Crippen LogP contribution in [-0.2, 0) is 18.3 Å². The zero-order chi connectivity index (χ0) is 21.6. The van der Waals surface area contributed by atoms with Crippen LogP contribution in [0.3, 0.4) is 0 Å². The molecule has 4 rings (SSSR count). The maximum atomic E-state index is 5.95. The lowest BCUT2D eigenvalue weighted by atomic mass is 10.1. The highest BCUT2D eigenvalue weighted by Gasteiger charge is 2.25. The van der Waals surface area contributed by atoms with Crippen LogP contribution in [0, 0.1) is 0 Å². The summed E-state index contributed by atoms with van der Waals surface area (Å²) >= 11 is 0. The van der Waals surface area contributed by atoms with Crippen molar-refractivity contribution in [3.63, 3.8) is 0 Å². The number of hydrogen-bond acceptors (Lipinski definition) is 6. The first kappa shape index (κ1) is 24.7. The van der Waals surface area contributed by atoms with Gasteiger partial charge in [0.25, 0.3) is 0 Å². The van der Waals surface area contributed by atoms with Crippen LogP contribution in [0.25, 0.3) is 0 Å². The van der Waals surface area contributed by atoms with Gasteiger partial charge in [0.1, 0.15) is 11.9 Å². The van der Waals surface area contributed by atoms with Crippen LogP contribution < -0.4 is 10.2 Å². The monoisotopic (exact) mass is 554 g/mol. The zero-order valence-electron chi connectivity index (χ0n) is 19.3. The summed E-state index contributed by atoms with van der Waals surface area (Å²) in [6, 6.07) is 4.29. The second-order valence-corrected chi connectivity index (χ2v) is 8.10. The number of halogens is 1. The number of guanidine groups is 1. The minimum atomic E-state index is 0. The fourth-order valence-corrected chi connectivity index (χ4v) is 4.16. The van der Waals surface area contributed by atoms with Gasteiger partial charge in [-0.25, -0.2) is 4.98 Å². The largest absolute Gasteiger partial charge is 0.370 e. The van der Waals surface area contributed by atoms with Crippen LogP contribution in [0.1, 0.15) is 24.2 Å². The van der Waals surface area contributed by atoms with E-state index in [1.54, 1.807) is 0 Å². The number of morpholine rings is 1. The Kier molecular flexibility index (Phi) is 9.11. The molecule has 10 heteroatoms. The number of aliphatic imine (C=N–C) groups is 1. The highest BCUT2D eigenvalue weighted by molar-refractivity contribution is 14.0. The molecule has 176 valence electrons. The standard InChI is InChI=1S/C22H34N8O.HI/c1-4-28-7-9-29(10-8-28)21-6-5-18(13-24-21)14-25-22(23-2)30-11-12-31-20(17-30)19-15-26-27(3)16-19;/h5-6,13,15-16,20H,4,7-12,14,17H2,1-3H3,(H,23,25);1H. The van der Waals surface area contributed by atoms with Crippen molar-refractivity contribution in [2.75, 3.05) is 64.4 Å². The number of nitrogens with zero attached hydrogens (tertiary/aromatic N) is 7. The number of anilines is 1. The molecule has 1 N–H and O–H groups in total. The van der Waals surface area contributed by atoms with Crippen molar-refractivity contribution < 1.29 is 4.74 Å². The molecule has 32 heavy (non-hydrogen) atoms. The van der Waals surface area contributed by atoms with Crippen molar-refractivity contribution >= 4 is 35.8 Å². The lowest BCUT2D eigenvalue weighted by molar-refractivity contribution is -0.00805. The molecule has 2 fully saturated rings. The van der Waals surface area contributed by atoms with Crippen molar-refractivity contribution in [3.8, 4) is 0 Å². The zero-order valence-corrected chi connectivity index (χ0v) is 21.6. The molecular weight excluding hydrogens is 519 g/mol. The van der Waals surface area contributed by atoms with E-state index in [-0.39, 0.29) is 30.1 Å². The number of pyridine rings is 1. The summed E-state index contributed by atoms with van der Waals surface area (Å²) in [5.74, 6) is 1.95. The Balaban J connectivity index is 0.00000289. The summed E-state index contributed by atoms with van der Waals surface area (Å²) in [6.45, 7) is 10.6. The summed E-state index contributed by atoms with van der Waals surface area (Å²) in [6.07, 6.45) is 5.87. The molecule has 1 unspecified atom stereocenters. The van der Waals surface area contributed by atoms with E-state index >= 15 is 0 Å². The number of ether oxygens (including phenoxy) is 1. The number of hydrogen-bond donors (Lipinski definition) is 1. The molecule has 2 aromatic heterocycles. The molecule has 0 radical (unpaired) electrons. The van der Waals surface area contributed by atoms with Gasteiger partial charge in [0.05, 0.1) is 19.3 Å². The molecule has 1 atom stereocenters. The highest BCUT2D eigenvalue weighted by atomic mass is 127. The van der Waals surface area contributed by atoms with Crippen molar-refractivity contribution in [2.24, 2.45) is 12.0 Å². The summed E-state index contributed by atoms with van der Waals surface area (Å²) in [4.78, 5) is 16.3. The first-order chi connectivity index (χ1) is 15.2. The van der Waals surface area contributed by atoms with E-state index in [4.69, 9.17) is 9.72 Å². The maximum Gasteiger partial charge on any atom is 0.194 e. The number of aryl methyl sites for hydroxylation is 1. The molecule has 0 amide bonds. The molecule has 2 saturated heterocycles. The molecule has 2 aliphatic rings. The van der Waals surface area contributed by atoms with Gasteiger partial charge in [-0.3, -0.25) is 9.67 Å². The maximum absolute atomic E-state index is 5.95. The van der Waals surface area contributed by atoms with E-state index in [9.17, 15) is 0 Å². The van der Waals surface area contributed by atoms with Gasteiger partial charge in [0.2, 0.25) is 0 Å². The topological polar surface area (TPSA) is 74.1 Å². The minimum Gasteiger partial charge on any atom is -0.370 e. The van der Waals surface area contributed by atoms with Gasteiger partial charge in [-0.15, -0.1) is 24.0 Å². The van der Waals surface area contributed by atoms with Crippen molar-refractivity contribution in [2.45, 2.75) is 19.6 Å². The predicted molar refractivity (Wildman–Crippen MR) is 138 cm³/mol. The van der Waals surface area contributed by atoms with Crippen LogP contribution in [0.4, 0.5) is 5.82 Å². The van der Waals surface area contributed by atoms with Crippen LogP contribution in [0.15, 0.2) is 35.7 Å². The van der Waals surface area contributed by atoms with E-state index in [2.05, 4.69) is 49.2 Å². The number of aromatic nitrogens is 3. The van der Waals surface area contributed by atoms with Gasteiger partial charge >= 0.3 is 0 Å². The van der Waals surface area contributed by atoms with E-state index in [1.807, 2.05) is 37.4 Å². The SMILES string of the molecule is CCN1CCN(c2ccc(CNC(=NC)N3CCOC(c4cnn(C)c4)C3)cn2)CC1.I. The van der Waals surface area contributed by atoms with Crippen LogP contribution in [0.5, 0.6) is 0 Å². The molecule has 2 aromatic rings. The average Bonchev–Trinajstić information content (AvgIpc) is 3.26. The first-order valence-electron chi connectivity index (χ1n) is 11.1. The average molecular weight is 554 g/mol. The Morgan fingerprint density at radius 3 is 2.62 bits per heavy atom. The number of rotatable bonds is 5. The Bertz CT molecular complexity index is 863. The van der Waals surface area contributed by atoms with E-state index in [1.165, 1.54) is 0 Å². The van der Waals surface area contributed by atoms with Gasteiger partial charge in [0.15, 0.2) is 5.96 Å². The molecule has 0 spiro atoms. The van der Waals surface area contributed by atoms with Crippen LogP contribution in [0.2, 0.25) is 0 Å². The Morgan fingerprint density at radius 1 is 1.19 bits per heavy atom.